The molecular formula is C55H72N12O13S. The quantitative estimate of drug-likeness (QED) is 0.0120. The maximum Gasteiger partial charge on any atom is 0.326 e. The number of rotatable bonds is 31. The number of guanidine groups is 1. The van der Waals surface area contributed by atoms with Crippen molar-refractivity contribution in [3.8, 4) is 17.2 Å². The standard InChI is InChI=1S/C55H72N12O13S/c1-30(2)46(67-45(71)28-60-48(73)39(56)24-33-11-17-36(68)18-12-33)53(78)64-42(26-34-13-19-37(69)20-14-34)51(76)66-44(29-81)52(77)63-41(25-32-8-5-4-6-9-32)50(75)62-40(10-7-23-59-55(57)58)49(74)61-31(3)47(72)65-43(54(79)80)27-35-15-21-38(70)22-16-35/h4-6,8-9,11-22,30-31,39-44,46,68-70,81H,7,10,23-29,56H2,1-3H3,(H,60,73)(H,61,74)(H,62,75)(H,63,77)(H,64,78)(H,65,72)(H,66,76)(H,67,71)(H,79,80)(H4,57,58,59)/t31-,39-,40-,41-,42-,43-,44-,46-/m0/s1. The lowest BCUT2D eigenvalue weighted by Crippen LogP contribution is -2.61. The molecule has 4 aromatic rings. The summed E-state index contributed by atoms with van der Waals surface area (Å²) in [7, 11) is 0. The summed E-state index contributed by atoms with van der Waals surface area (Å²) in [5, 5.41) is 59.5. The molecule has 0 saturated heterocycles. The first-order chi connectivity index (χ1) is 38.4. The van der Waals surface area contributed by atoms with E-state index in [1.54, 1.807) is 56.3 Å². The normalized spacial score (nSPS) is 13.9. The van der Waals surface area contributed by atoms with Gasteiger partial charge in [-0.05, 0) is 90.8 Å². The molecule has 4 rings (SSSR count). The van der Waals surface area contributed by atoms with Gasteiger partial charge >= 0.3 is 5.97 Å². The van der Waals surface area contributed by atoms with Crippen molar-refractivity contribution in [2.75, 3.05) is 18.8 Å². The molecule has 0 aliphatic carbocycles. The number of aliphatic carboxylic acids is 1. The van der Waals surface area contributed by atoms with Crippen LogP contribution >= 0.6 is 12.6 Å². The van der Waals surface area contributed by atoms with Crippen LogP contribution < -0.4 is 59.7 Å². The molecule has 0 aliphatic heterocycles. The minimum atomic E-state index is -1.46. The Kier molecular flexibility index (Phi) is 25.7. The van der Waals surface area contributed by atoms with E-state index in [0.717, 1.165) is 0 Å². The second kappa shape index (κ2) is 32.2. The number of phenols is 3. The number of benzene rings is 4. The number of carboxylic acid groups (broad SMARTS) is 1. The van der Waals surface area contributed by atoms with Crippen LogP contribution in [0.3, 0.4) is 0 Å². The van der Waals surface area contributed by atoms with Crippen LogP contribution in [-0.4, -0.2) is 147 Å². The fourth-order valence-corrected chi connectivity index (χ4v) is 8.22. The van der Waals surface area contributed by atoms with Gasteiger partial charge in [-0.2, -0.15) is 12.6 Å². The Balaban J connectivity index is 1.51. The Hall–Kier alpha value is -8.91. The maximum atomic E-state index is 14.4. The highest BCUT2D eigenvalue weighted by atomic mass is 32.1. The number of phenolic OH excluding ortho intramolecular Hbond substituents is 3. The Labute approximate surface area is 473 Å². The zero-order valence-corrected chi connectivity index (χ0v) is 45.9. The number of aromatic hydroxyl groups is 3. The number of carbonyl (C=O) groups is 9. The number of aliphatic imine (C=N–C) groups is 1. The molecule has 0 heterocycles. The van der Waals surface area contributed by atoms with E-state index in [4.69, 9.17) is 17.2 Å². The summed E-state index contributed by atoms with van der Waals surface area (Å²) in [6.45, 7) is 4.06. The molecule has 8 amide bonds. The van der Waals surface area contributed by atoms with Crippen LogP contribution in [0.15, 0.2) is 108 Å². The van der Waals surface area contributed by atoms with Gasteiger partial charge in [0.2, 0.25) is 47.3 Å². The van der Waals surface area contributed by atoms with Crippen molar-refractivity contribution < 1.29 is 63.6 Å². The van der Waals surface area contributed by atoms with E-state index in [1.807, 2.05) is 0 Å². The molecule has 81 heavy (non-hydrogen) atoms. The highest BCUT2D eigenvalue weighted by molar-refractivity contribution is 7.80. The van der Waals surface area contributed by atoms with Gasteiger partial charge in [0.1, 0.15) is 59.5 Å². The first kappa shape index (κ1) is 64.6. The van der Waals surface area contributed by atoms with Gasteiger partial charge in [0.25, 0.3) is 0 Å². The van der Waals surface area contributed by atoms with E-state index in [1.165, 1.54) is 67.6 Å². The molecule has 26 heteroatoms. The van der Waals surface area contributed by atoms with Gasteiger partial charge in [-0.3, -0.25) is 43.3 Å². The average molecular weight is 1140 g/mol. The summed E-state index contributed by atoms with van der Waals surface area (Å²) in [5.41, 5.74) is 19.2. The number of hydrogen-bond acceptors (Lipinski definition) is 15. The molecule has 0 fully saturated rings. The van der Waals surface area contributed by atoms with Crippen molar-refractivity contribution in [2.45, 2.75) is 108 Å². The summed E-state index contributed by atoms with van der Waals surface area (Å²) in [4.78, 5) is 126. The molecule has 0 unspecified atom stereocenters. The fourth-order valence-electron chi connectivity index (χ4n) is 7.96. The van der Waals surface area contributed by atoms with Crippen LogP contribution in [0.25, 0.3) is 0 Å². The topological polar surface area (TPSA) is 421 Å². The van der Waals surface area contributed by atoms with E-state index in [0.29, 0.717) is 22.3 Å². The highest BCUT2D eigenvalue weighted by Gasteiger charge is 2.34. The Bertz CT molecular complexity index is 2800. The lowest BCUT2D eigenvalue weighted by molar-refractivity contribution is -0.142. The second-order valence-corrected chi connectivity index (χ2v) is 19.8. The van der Waals surface area contributed by atoms with E-state index in [9.17, 15) is 63.6 Å². The van der Waals surface area contributed by atoms with Crippen molar-refractivity contribution in [1.82, 2.24) is 42.5 Å². The van der Waals surface area contributed by atoms with Gasteiger partial charge in [0, 0.05) is 31.6 Å². The fraction of sp³-hybridized carbons (Fsp3) is 0.382. The monoisotopic (exact) mass is 1140 g/mol. The summed E-state index contributed by atoms with van der Waals surface area (Å²) in [6.07, 6.45) is -0.318. The lowest BCUT2D eigenvalue weighted by atomic mass is 10.0. The number of thiol groups is 1. The zero-order chi connectivity index (χ0) is 59.8. The Morgan fingerprint density at radius 3 is 1.41 bits per heavy atom. The molecule has 18 N–H and O–H groups in total. The molecule has 0 aliphatic rings. The third-order valence-corrected chi connectivity index (χ3v) is 12.8. The van der Waals surface area contributed by atoms with Crippen LogP contribution in [0.5, 0.6) is 17.2 Å². The van der Waals surface area contributed by atoms with Crippen LogP contribution in [-0.2, 0) is 68.8 Å². The predicted octanol–water partition coefficient (Wildman–Crippen LogP) is -1.34. The highest BCUT2D eigenvalue weighted by Crippen LogP contribution is 2.15. The number of carboxylic acids is 1. The van der Waals surface area contributed by atoms with Crippen molar-refractivity contribution in [1.29, 1.82) is 0 Å². The molecular weight excluding hydrogens is 1070 g/mol. The maximum absolute atomic E-state index is 14.4. The minimum Gasteiger partial charge on any atom is -0.508 e. The number of carbonyl (C=O) groups excluding carboxylic acids is 8. The van der Waals surface area contributed by atoms with Crippen molar-refractivity contribution >= 4 is 71.8 Å². The van der Waals surface area contributed by atoms with E-state index < -0.39 is 114 Å². The van der Waals surface area contributed by atoms with Crippen LogP contribution in [0.4, 0.5) is 0 Å². The largest absolute Gasteiger partial charge is 0.508 e. The van der Waals surface area contributed by atoms with Gasteiger partial charge in [-0.1, -0.05) is 80.6 Å². The van der Waals surface area contributed by atoms with E-state index in [2.05, 4.69) is 60.2 Å². The van der Waals surface area contributed by atoms with Crippen molar-refractivity contribution in [3.05, 3.63) is 125 Å². The molecule has 436 valence electrons. The van der Waals surface area contributed by atoms with Crippen molar-refractivity contribution in [3.63, 3.8) is 0 Å². The Morgan fingerprint density at radius 1 is 0.506 bits per heavy atom. The molecule has 0 spiro atoms. The predicted molar refractivity (Wildman–Crippen MR) is 302 cm³/mol. The van der Waals surface area contributed by atoms with E-state index >= 15 is 0 Å². The number of nitrogens with two attached hydrogens (primary N) is 3. The van der Waals surface area contributed by atoms with Crippen molar-refractivity contribution in [2.24, 2.45) is 28.1 Å². The first-order valence-corrected chi connectivity index (χ1v) is 26.5. The molecule has 0 saturated carbocycles. The Morgan fingerprint density at radius 2 is 0.926 bits per heavy atom. The molecule has 0 radical (unpaired) electrons. The minimum absolute atomic E-state index is 0.0316. The molecule has 25 nitrogen and oxygen atoms in total. The van der Waals surface area contributed by atoms with E-state index in [-0.39, 0.29) is 74.0 Å². The third kappa shape index (κ3) is 22.4. The first-order valence-electron chi connectivity index (χ1n) is 25.8. The number of amides is 8. The smallest absolute Gasteiger partial charge is 0.326 e. The van der Waals surface area contributed by atoms with Gasteiger partial charge in [-0.25, -0.2) is 4.79 Å². The second-order valence-electron chi connectivity index (χ2n) is 19.4. The molecule has 0 aromatic heterocycles. The molecule has 4 aromatic carbocycles. The van der Waals surface area contributed by atoms with Gasteiger partial charge in [-0.15, -0.1) is 0 Å². The van der Waals surface area contributed by atoms with Crippen LogP contribution in [0, 0.1) is 5.92 Å². The molecule has 8 atom stereocenters. The van der Waals surface area contributed by atoms with Gasteiger partial charge in [0.15, 0.2) is 5.96 Å². The molecule has 0 bridgehead atoms. The van der Waals surface area contributed by atoms with Gasteiger partial charge < -0.3 is 80.2 Å². The van der Waals surface area contributed by atoms with Crippen LogP contribution in [0.2, 0.25) is 0 Å². The van der Waals surface area contributed by atoms with Crippen LogP contribution in [0.1, 0.15) is 55.9 Å². The number of nitrogens with one attached hydrogen (secondary N) is 8. The average Bonchev–Trinajstić information content (AvgIpc) is 3.44. The SMILES string of the molecule is CC(C)[C@H](NC(=O)CNC(=O)[C@@H](N)Cc1ccc(O)cc1)C(=O)N[C@@H](Cc1ccc(O)cc1)C(=O)N[C@@H](CS)C(=O)N[C@@H](Cc1ccccc1)C(=O)N[C@@H](CCCN=C(N)N)C(=O)N[C@@H](C)C(=O)N[C@@H](Cc1ccc(O)cc1)C(=O)O. The summed E-state index contributed by atoms with van der Waals surface area (Å²) in [6, 6.07) is 15.3. The summed E-state index contributed by atoms with van der Waals surface area (Å²) in [5.74, 6) is -9.17. The third-order valence-electron chi connectivity index (χ3n) is 12.5. The number of hydrogen-bond donors (Lipinski definition) is 16. The summed E-state index contributed by atoms with van der Waals surface area (Å²) < 4.78 is 0. The zero-order valence-electron chi connectivity index (χ0n) is 45.0. The summed E-state index contributed by atoms with van der Waals surface area (Å²) >= 11 is 4.34. The lowest BCUT2D eigenvalue weighted by Gasteiger charge is -2.28. The van der Waals surface area contributed by atoms with Gasteiger partial charge in [0.05, 0.1) is 12.6 Å². The number of nitrogens with zero attached hydrogens (tertiary/aromatic N) is 1.